The predicted octanol–water partition coefficient (Wildman–Crippen LogP) is 3.48. The van der Waals surface area contributed by atoms with Gasteiger partial charge in [-0.15, -0.1) is 6.58 Å². The molecule has 0 aliphatic carbocycles. The summed E-state index contributed by atoms with van der Waals surface area (Å²) in [5.41, 5.74) is -1.25. The van der Waals surface area contributed by atoms with Gasteiger partial charge in [0, 0.05) is 25.4 Å². The molecular weight excluding hydrogens is 500 g/mol. The molecule has 4 rings (SSSR count). The first-order valence-electron chi connectivity index (χ1n) is 14.2. The molecule has 9 heteroatoms. The summed E-state index contributed by atoms with van der Waals surface area (Å²) >= 11 is 0. The second-order valence-electron chi connectivity index (χ2n) is 10.7. The fourth-order valence-electron chi connectivity index (χ4n) is 6.94. The lowest BCUT2D eigenvalue weighted by molar-refractivity contribution is -0.160. The van der Waals surface area contributed by atoms with Gasteiger partial charge >= 0.3 is 5.97 Å². The van der Waals surface area contributed by atoms with Gasteiger partial charge in [0.15, 0.2) is 0 Å². The van der Waals surface area contributed by atoms with Crippen molar-refractivity contribution in [1.82, 2.24) is 4.90 Å². The number of nitrogens with zero attached hydrogens (tertiary/aromatic N) is 2. The van der Waals surface area contributed by atoms with Crippen molar-refractivity contribution in [3.63, 3.8) is 0 Å². The van der Waals surface area contributed by atoms with E-state index >= 15 is 0 Å². The third kappa shape index (κ3) is 4.95. The number of esters is 1. The number of methoxy groups -OCH3 is 1. The largest absolute Gasteiger partial charge is 0.497 e. The molecule has 2 amide bonds. The number of benzene rings is 1. The van der Waals surface area contributed by atoms with Crippen LogP contribution in [0.15, 0.2) is 36.9 Å². The molecule has 1 N–H and O–H groups in total. The van der Waals surface area contributed by atoms with E-state index < -0.39 is 35.0 Å². The van der Waals surface area contributed by atoms with E-state index in [4.69, 9.17) is 19.3 Å². The number of carbonyl (C=O) groups is 3. The normalized spacial score (nSPS) is 28.9. The SMILES string of the molecule is C=CCN(C(=O)C1N(CCCCCCO)C(=O)[C@@H]2[C@@H](C(=O)OCC)[C@@]3(CC)CCC12O3)c1ccc(OC)cc1. The summed E-state index contributed by atoms with van der Waals surface area (Å²) in [5, 5.41) is 9.15. The van der Waals surface area contributed by atoms with Gasteiger partial charge in [0.2, 0.25) is 5.91 Å². The average Bonchev–Trinajstić information content (AvgIpc) is 3.55. The number of rotatable bonds is 14. The van der Waals surface area contributed by atoms with E-state index in [9.17, 15) is 14.4 Å². The Morgan fingerprint density at radius 1 is 1.18 bits per heavy atom. The molecule has 1 aromatic rings. The standard InChI is InChI=1S/C30H42N2O7/c1-5-18-31(21-12-14-22(37-4)15-13-21)27(35)25-30-17-16-29(6-2,39-30)24(28(36)38-7-3)23(30)26(34)32(25)19-10-8-9-11-20-33/h5,12-15,23-25,33H,1,6-11,16-20H2,2-4H3/t23-,24-,25?,29+,30?/m0/s1. The van der Waals surface area contributed by atoms with Crippen molar-refractivity contribution >= 4 is 23.5 Å². The molecule has 0 aromatic heterocycles. The minimum Gasteiger partial charge on any atom is -0.497 e. The molecule has 0 radical (unpaired) electrons. The van der Waals surface area contributed by atoms with Gasteiger partial charge in [0.25, 0.3) is 5.91 Å². The van der Waals surface area contributed by atoms with Gasteiger partial charge in [0.1, 0.15) is 23.3 Å². The quantitative estimate of drug-likeness (QED) is 0.218. The van der Waals surface area contributed by atoms with Gasteiger partial charge in [-0.1, -0.05) is 25.8 Å². The van der Waals surface area contributed by atoms with Crippen molar-refractivity contribution in [3.05, 3.63) is 36.9 Å². The van der Waals surface area contributed by atoms with Crippen molar-refractivity contribution in [2.45, 2.75) is 76.0 Å². The zero-order chi connectivity index (χ0) is 28.2. The summed E-state index contributed by atoms with van der Waals surface area (Å²) in [6, 6.07) is 6.33. The lowest BCUT2D eigenvalue weighted by atomic mass is 9.65. The third-order valence-electron chi connectivity index (χ3n) is 8.72. The van der Waals surface area contributed by atoms with Crippen molar-refractivity contribution in [2.75, 3.05) is 38.3 Å². The van der Waals surface area contributed by atoms with Crippen LogP contribution in [0.3, 0.4) is 0 Å². The Kier molecular flexibility index (Phi) is 9.01. The van der Waals surface area contributed by atoms with Crippen LogP contribution in [0.1, 0.15) is 58.8 Å². The number of aliphatic hydroxyl groups excluding tert-OH is 1. The van der Waals surface area contributed by atoms with Crippen LogP contribution in [0, 0.1) is 11.8 Å². The molecule has 1 spiro atoms. The molecule has 3 saturated heterocycles. The fraction of sp³-hybridized carbons (Fsp3) is 0.633. The monoisotopic (exact) mass is 542 g/mol. The number of ether oxygens (including phenoxy) is 3. The Labute approximate surface area is 231 Å². The molecule has 3 heterocycles. The molecule has 3 aliphatic rings. The van der Waals surface area contributed by atoms with Gasteiger partial charge in [-0.25, -0.2) is 0 Å². The van der Waals surface area contributed by atoms with Crippen LogP contribution in [0.2, 0.25) is 0 Å². The van der Waals surface area contributed by atoms with Crippen LogP contribution in [0.25, 0.3) is 0 Å². The number of carbonyl (C=O) groups excluding carboxylic acids is 3. The maximum Gasteiger partial charge on any atom is 0.312 e. The van der Waals surface area contributed by atoms with E-state index in [0.717, 1.165) is 12.8 Å². The highest BCUT2D eigenvalue weighted by Gasteiger charge is 2.79. The van der Waals surface area contributed by atoms with Crippen LogP contribution >= 0.6 is 0 Å². The number of likely N-dealkylation sites (tertiary alicyclic amines) is 1. The Morgan fingerprint density at radius 2 is 1.90 bits per heavy atom. The van der Waals surface area contributed by atoms with Crippen LogP contribution in [0.4, 0.5) is 5.69 Å². The number of amides is 2. The van der Waals surface area contributed by atoms with Crippen molar-refractivity contribution in [1.29, 1.82) is 0 Å². The zero-order valence-electron chi connectivity index (χ0n) is 23.4. The molecule has 2 bridgehead atoms. The number of hydrogen-bond donors (Lipinski definition) is 1. The van der Waals surface area contributed by atoms with Crippen molar-refractivity contribution in [3.8, 4) is 5.75 Å². The van der Waals surface area contributed by atoms with Crippen molar-refractivity contribution < 1.29 is 33.7 Å². The highest BCUT2D eigenvalue weighted by atomic mass is 16.6. The lowest BCUT2D eigenvalue weighted by Gasteiger charge is -2.37. The van der Waals surface area contributed by atoms with Gasteiger partial charge < -0.3 is 29.1 Å². The van der Waals surface area contributed by atoms with Crippen LogP contribution in [0.5, 0.6) is 5.75 Å². The molecule has 1 aromatic carbocycles. The van der Waals surface area contributed by atoms with Crippen molar-refractivity contribution in [2.24, 2.45) is 11.8 Å². The lowest BCUT2D eigenvalue weighted by Crippen LogP contribution is -2.56. The molecule has 2 unspecified atom stereocenters. The van der Waals surface area contributed by atoms with E-state index in [1.165, 1.54) is 0 Å². The Bertz CT molecular complexity index is 1060. The predicted molar refractivity (Wildman–Crippen MR) is 146 cm³/mol. The third-order valence-corrected chi connectivity index (χ3v) is 8.72. The van der Waals surface area contributed by atoms with Crippen LogP contribution in [-0.4, -0.2) is 78.4 Å². The second-order valence-corrected chi connectivity index (χ2v) is 10.7. The van der Waals surface area contributed by atoms with Crippen LogP contribution < -0.4 is 9.64 Å². The van der Waals surface area contributed by atoms with Gasteiger partial charge in [0.05, 0.1) is 25.2 Å². The summed E-state index contributed by atoms with van der Waals surface area (Å²) in [6.45, 7) is 8.55. The topological polar surface area (TPSA) is 106 Å². The van der Waals surface area contributed by atoms with E-state index in [1.807, 2.05) is 19.1 Å². The molecule has 3 fully saturated rings. The fourth-order valence-corrected chi connectivity index (χ4v) is 6.94. The summed E-state index contributed by atoms with van der Waals surface area (Å²) in [7, 11) is 1.58. The number of unbranched alkanes of at least 4 members (excludes halogenated alkanes) is 3. The van der Waals surface area contributed by atoms with E-state index in [1.54, 1.807) is 42.0 Å². The van der Waals surface area contributed by atoms with E-state index in [-0.39, 0.29) is 31.6 Å². The number of anilines is 1. The summed E-state index contributed by atoms with van der Waals surface area (Å²) in [6.07, 6.45) is 6.36. The van der Waals surface area contributed by atoms with Gasteiger partial charge in [-0.2, -0.15) is 0 Å². The Hall–Kier alpha value is -2.91. The molecule has 214 valence electrons. The van der Waals surface area contributed by atoms with E-state index in [0.29, 0.717) is 50.1 Å². The molecule has 39 heavy (non-hydrogen) atoms. The first-order valence-corrected chi connectivity index (χ1v) is 14.2. The number of fused-ring (bicyclic) bond motifs is 1. The molecule has 5 atom stereocenters. The smallest absolute Gasteiger partial charge is 0.312 e. The van der Waals surface area contributed by atoms with E-state index in [2.05, 4.69) is 6.58 Å². The number of hydrogen-bond acceptors (Lipinski definition) is 7. The zero-order valence-corrected chi connectivity index (χ0v) is 23.4. The average molecular weight is 543 g/mol. The minimum atomic E-state index is -1.10. The molecule has 0 saturated carbocycles. The maximum atomic E-state index is 14.5. The minimum absolute atomic E-state index is 0.126. The van der Waals surface area contributed by atoms with Gasteiger partial charge in [-0.3, -0.25) is 14.4 Å². The second kappa shape index (κ2) is 12.1. The maximum absolute atomic E-state index is 14.5. The summed E-state index contributed by atoms with van der Waals surface area (Å²) < 4.78 is 17.5. The van der Waals surface area contributed by atoms with Gasteiger partial charge in [-0.05, 0) is 63.3 Å². The highest BCUT2D eigenvalue weighted by molar-refractivity contribution is 6.04. The molecular formula is C30H42N2O7. The Morgan fingerprint density at radius 3 is 2.51 bits per heavy atom. The summed E-state index contributed by atoms with van der Waals surface area (Å²) in [5.74, 6) is -1.72. The van der Waals surface area contributed by atoms with Crippen LogP contribution in [-0.2, 0) is 23.9 Å². The summed E-state index contributed by atoms with van der Waals surface area (Å²) in [4.78, 5) is 45.3. The highest BCUT2D eigenvalue weighted by Crippen LogP contribution is 2.64. The Balaban J connectivity index is 1.74. The first-order chi connectivity index (χ1) is 18.8. The number of aliphatic hydroxyl groups is 1. The first kappa shape index (κ1) is 29.1. The molecule has 3 aliphatic heterocycles. The molecule has 9 nitrogen and oxygen atoms in total.